The maximum atomic E-state index is 10.6. The number of carbonyl (C=O) groups is 1. The molecule has 1 aliphatic rings. The highest BCUT2D eigenvalue weighted by molar-refractivity contribution is 5.63. The van der Waals surface area contributed by atoms with Gasteiger partial charge in [-0.15, -0.1) is 4.91 Å². The molecule has 6 heteroatoms. The second kappa shape index (κ2) is 18.1. The van der Waals surface area contributed by atoms with Gasteiger partial charge in [-0.2, -0.15) is 0 Å². The highest BCUT2D eigenvalue weighted by Crippen LogP contribution is 2.17. The fraction of sp³-hybridized carbons (Fsp3) is 0.588. The third-order valence-electron chi connectivity index (χ3n) is 2.14. The van der Waals surface area contributed by atoms with Crippen LogP contribution in [0.1, 0.15) is 47.0 Å². The van der Waals surface area contributed by atoms with Crippen LogP contribution in [0.5, 0.6) is 5.75 Å². The summed E-state index contributed by atoms with van der Waals surface area (Å²) in [5, 5.41) is 2.69. The third kappa shape index (κ3) is 14.7. The number of rotatable bonds is 2. The van der Waals surface area contributed by atoms with Crippen molar-refractivity contribution in [3.05, 3.63) is 29.2 Å². The van der Waals surface area contributed by atoms with Gasteiger partial charge in [-0.1, -0.05) is 34.1 Å². The zero-order chi connectivity index (χ0) is 17.9. The molecule has 0 unspecified atom stereocenters. The Kier molecular flexibility index (Phi) is 18.4. The minimum Gasteiger partial charge on any atom is -0.437 e. The number of benzene rings is 1. The largest absolute Gasteiger partial charge is 0.513 e. The van der Waals surface area contributed by atoms with Crippen LogP contribution in [-0.4, -0.2) is 26.5 Å². The van der Waals surface area contributed by atoms with Crippen molar-refractivity contribution < 1.29 is 19.0 Å². The Morgan fingerprint density at radius 3 is 1.91 bits per heavy atom. The number of carbonyl (C=O) groups excluding carboxylic acids is 1. The minimum atomic E-state index is -0.799. The number of ether oxygens (including phenoxy) is 3. The van der Waals surface area contributed by atoms with Gasteiger partial charge in [0, 0.05) is 13.2 Å². The third-order valence-corrected chi connectivity index (χ3v) is 2.14. The van der Waals surface area contributed by atoms with Crippen molar-refractivity contribution in [2.75, 3.05) is 20.3 Å². The zero-order valence-corrected chi connectivity index (χ0v) is 14.8. The van der Waals surface area contributed by atoms with E-state index in [1.54, 1.807) is 0 Å². The molecule has 0 saturated carbocycles. The van der Waals surface area contributed by atoms with Gasteiger partial charge in [0.15, 0.2) is 0 Å². The Bertz CT molecular complexity index is 381. The SMILES string of the molecule is C1CCOC1.CC.CCC.COC(=O)Oc1ccc(N=O)cc1. The molecule has 132 valence electrons. The van der Waals surface area contributed by atoms with Gasteiger partial charge < -0.3 is 14.2 Å². The molecule has 1 aromatic rings. The fourth-order valence-corrected chi connectivity index (χ4v) is 1.22. The molecule has 1 fully saturated rings. The molecule has 0 aliphatic carbocycles. The molecule has 1 heterocycles. The molecule has 1 saturated heterocycles. The van der Waals surface area contributed by atoms with E-state index in [0.717, 1.165) is 13.2 Å². The normalized spacial score (nSPS) is 11.3. The van der Waals surface area contributed by atoms with Gasteiger partial charge in [0.1, 0.15) is 11.4 Å². The smallest absolute Gasteiger partial charge is 0.437 e. The van der Waals surface area contributed by atoms with Crippen LogP contribution in [-0.2, 0) is 9.47 Å². The average molecular weight is 327 g/mol. The van der Waals surface area contributed by atoms with Crippen LogP contribution < -0.4 is 4.74 Å². The van der Waals surface area contributed by atoms with Crippen molar-refractivity contribution in [2.24, 2.45) is 5.18 Å². The molecule has 1 aliphatic heterocycles. The number of nitrogens with zero attached hydrogens (tertiary/aromatic N) is 1. The average Bonchev–Trinajstić information content (AvgIpc) is 3.18. The summed E-state index contributed by atoms with van der Waals surface area (Å²) < 4.78 is 13.9. The maximum absolute atomic E-state index is 10.6. The van der Waals surface area contributed by atoms with Crippen molar-refractivity contribution >= 4 is 11.8 Å². The van der Waals surface area contributed by atoms with Crippen molar-refractivity contribution in [1.82, 2.24) is 0 Å². The maximum Gasteiger partial charge on any atom is 0.513 e. The molecule has 23 heavy (non-hydrogen) atoms. The molecular formula is C17H29NO5. The minimum absolute atomic E-state index is 0.275. The molecular weight excluding hydrogens is 298 g/mol. The first kappa shape index (κ1) is 23.3. The Morgan fingerprint density at radius 1 is 1.13 bits per heavy atom. The molecule has 1 aromatic carbocycles. The van der Waals surface area contributed by atoms with Crippen molar-refractivity contribution in [3.63, 3.8) is 0 Å². The molecule has 0 radical (unpaired) electrons. The van der Waals surface area contributed by atoms with Gasteiger partial charge >= 0.3 is 6.16 Å². The molecule has 0 atom stereocenters. The lowest BCUT2D eigenvalue weighted by molar-refractivity contribution is 0.121. The second-order valence-electron chi connectivity index (χ2n) is 4.17. The molecule has 0 spiro atoms. The standard InChI is InChI=1S/C8H7NO4.C4H8O.C3H8.C2H6/c1-12-8(10)13-7-4-2-6(9-11)3-5-7;1-2-4-5-3-1;1-3-2;1-2/h2-5H,1H3;1-4H2;3H2,1-2H3;1-2H3. The van der Waals surface area contributed by atoms with Crippen molar-refractivity contribution in [1.29, 1.82) is 0 Å². The van der Waals surface area contributed by atoms with E-state index in [1.807, 2.05) is 13.8 Å². The van der Waals surface area contributed by atoms with E-state index in [0.29, 0.717) is 5.75 Å². The lowest BCUT2D eigenvalue weighted by Gasteiger charge is -2.00. The van der Waals surface area contributed by atoms with Crippen molar-refractivity contribution in [2.45, 2.75) is 47.0 Å². The van der Waals surface area contributed by atoms with Gasteiger partial charge in [0.2, 0.25) is 0 Å². The van der Waals surface area contributed by atoms with E-state index in [2.05, 4.69) is 28.5 Å². The van der Waals surface area contributed by atoms with E-state index in [4.69, 9.17) is 4.74 Å². The van der Waals surface area contributed by atoms with Gasteiger partial charge in [0.25, 0.3) is 0 Å². The van der Waals surface area contributed by atoms with Crippen LogP contribution in [0.15, 0.2) is 29.4 Å². The fourth-order valence-electron chi connectivity index (χ4n) is 1.22. The van der Waals surface area contributed by atoms with Crippen LogP contribution in [0.2, 0.25) is 0 Å². The summed E-state index contributed by atoms with van der Waals surface area (Å²) in [5.41, 5.74) is 0.275. The molecule has 0 N–H and O–H groups in total. The Hall–Kier alpha value is -1.95. The van der Waals surface area contributed by atoms with E-state index < -0.39 is 6.16 Å². The number of nitroso groups, excluding NO2 is 1. The van der Waals surface area contributed by atoms with Gasteiger partial charge in [0.05, 0.1) is 7.11 Å². The summed E-state index contributed by atoms with van der Waals surface area (Å²) in [6.45, 7) is 10.2. The predicted molar refractivity (Wildman–Crippen MR) is 92.3 cm³/mol. The van der Waals surface area contributed by atoms with Gasteiger partial charge in [-0.3, -0.25) is 0 Å². The number of hydrogen-bond donors (Lipinski definition) is 0. The number of methoxy groups -OCH3 is 1. The van der Waals surface area contributed by atoms with Crippen molar-refractivity contribution in [3.8, 4) is 5.75 Å². The first-order valence-corrected chi connectivity index (χ1v) is 7.94. The number of hydrogen-bond acceptors (Lipinski definition) is 6. The Labute approximate surface area is 139 Å². The highest BCUT2D eigenvalue weighted by atomic mass is 16.7. The summed E-state index contributed by atoms with van der Waals surface area (Å²) >= 11 is 0. The quantitative estimate of drug-likeness (QED) is 0.409. The summed E-state index contributed by atoms with van der Waals surface area (Å²) in [4.78, 5) is 20.6. The van der Waals surface area contributed by atoms with Crippen LogP contribution in [0.3, 0.4) is 0 Å². The lowest BCUT2D eigenvalue weighted by Crippen LogP contribution is -2.06. The van der Waals surface area contributed by atoms with E-state index in [-0.39, 0.29) is 5.69 Å². The van der Waals surface area contributed by atoms with E-state index >= 15 is 0 Å². The van der Waals surface area contributed by atoms with Gasteiger partial charge in [-0.25, -0.2) is 4.79 Å². The zero-order valence-electron chi connectivity index (χ0n) is 14.8. The topological polar surface area (TPSA) is 74.2 Å². The molecule has 0 bridgehead atoms. The van der Waals surface area contributed by atoms with E-state index in [1.165, 1.54) is 50.6 Å². The predicted octanol–water partition coefficient (Wildman–Crippen LogP) is 5.47. The molecule has 0 amide bonds. The highest BCUT2D eigenvalue weighted by Gasteiger charge is 2.02. The Morgan fingerprint density at radius 2 is 1.61 bits per heavy atom. The molecule has 0 aromatic heterocycles. The van der Waals surface area contributed by atoms with Crippen LogP contribution in [0.4, 0.5) is 10.5 Å². The second-order valence-corrected chi connectivity index (χ2v) is 4.17. The summed E-state index contributed by atoms with van der Waals surface area (Å²) in [6.07, 6.45) is 3.01. The summed E-state index contributed by atoms with van der Waals surface area (Å²) in [6, 6.07) is 5.78. The first-order chi connectivity index (χ1) is 11.2. The monoisotopic (exact) mass is 327 g/mol. The summed E-state index contributed by atoms with van der Waals surface area (Å²) in [5.74, 6) is 0.305. The van der Waals surface area contributed by atoms with Crippen LogP contribution >= 0.6 is 0 Å². The summed E-state index contributed by atoms with van der Waals surface area (Å²) in [7, 11) is 1.21. The van der Waals surface area contributed by atoms with Crippen LogP contribution in [0.25, 0.3) is 0 Å². The molecule has 2 rings (SSSR count). The van der Waals surface area contributed by atoms with Gasteiger partial charge in [-0.05, 0) is 42.3 Å². The first-order valence-electron chi connectivity index (χ1n) is 7.94. The Balaban J connectivity index is 0. The van der Waals surface area contributed by atoms with Crippen LogP contribution in [0, 0.1) is 4.91 Å². The molecule has 6 nitrogen and oxygen atoms in total. The lowest BCUT2D eigenvalue weighted by atomic mass is 10.3. The van der Waals surface area contributed by atoms with E-state index in [9.17, 15) is 9.70 Å².